The first-order valence-corrected chi connectivity index (χ1v) is 14.9. The summed E-state index contributed by atoms with van der Waals surface area (Å²) in [6.07, 6.45) is 4.57. The molecule has 0 atom stereocenters. The molecular weight excluding hydrogens is 589 g/mol. The number of anilines is 6. The number of carbonyl (C=O) groups is 2. The zero-order valence-corrected chi connectivity index (χ0v) is 25.1. The van der Waals surface area contributed by atoms with Gasteiger partial charge in [-0.1, -0.05) is 12.8 Å². The summed E-state index contributed by atoms with van der Waals surface area (Å²) >= 11 is 0. The van der Waals surface area contributed by atoms with E-state index in [-0.39, 0.29) is 29.1 Å². The number of nitrogens with one attached hydrogen (secondary N) is 3. The van der Waals surface area contributed by atoms with Crippen molar-refractivity contribution >= 4 is 46.3 Å². The zero-order valence-electron chi connectivity index (χ0n) is 25.1. The summed E-state index contributed by atoms with van der Waals surface area (Å²) < 4.78 is 49.8. The lowest BCUT2D eigenvalue weighted by molar-refractivity contribution is -0.138. The number of aromatic nitrogens is 2. The van der Waals surface area contributed by atoms with Crippen LogP contribution in [0.2, 0.25) is 0 Å². The smallest absolute Gasteiger partial charge is 0.341 e. The summed E-state index contributed by atoms with van der Waals surface area (Å²) in [7, 11) is 3.47. The third-order valence-corrected chi connectivity index (χ3v) is 8.52. The van der Waals surface area contributed by atoms with Crippen LogP contribution in [-0.4, -0.2) is 85.5 Å². The third-order valence-electron chi connectivity index (χ3n) is 8.52. The minimum atomic E-state index is -3.59. The molecule has 2 amide bonds. The minimum absolute atomic E-state index is 0.0997. The Bertz CT molecular complexity index is 1590. The van der Waals surface area contributed by atoms with Crippen LogP contribution in [0.4, 0.5) is 47.7 Å². The Morgan fingerprint density at radius 2 is 1.84 bits per heavy atom. The van der Waals surface area contributed by atoms with Crippen LogP contribution in [0.1, 0.15) is 36.0 Å². The highest BCUT2D eigenvalue weighted by molar-refractivity contribution is 6.05. The number of rotatable bonds is 7. The molecule has 2 aliphatic heterocycles. The van der Waals surface area contributed by atoms with Crippen molar-refractivity contribution < 1.29 is 27.5 Å². The molecule has 1 aliphatic carbocycles. The van der Waals surface area contributed by atoms with E-state index in [0.29, 0.717) is 22.8 Å². The average Bonchev–Trinajstić information content (AvgIpc) is 3.53. The van der Waals surface area contributed by atoms with Crippen LogP contribution in [0.3, 0.4) is 0 Å². The van der Waals surface area contributed by atoms with Crippen LogP contribution in [0.5, 0.6) is 5.75 Å². The van der Waals surface area contributed by atoms with Gasteiger partial charge in [0.1, 0.15) is 17.3 Å². The van der Waals surface area contributed by atoms with Crippen LogP contribution in [0.25, 0.3) is 0 Å². The number of hydrogen-bond acceptors (Lipinski definition) is 9. The van der Waals surface area contributed by atoms with E-state index in [2.05, 4.69) is 30.8 Å². The molecule has 6 rings (SSSR count). The zero-order chi connectivity index (χ0) is 31.7. The van der Waals surface area contributed by atoms with Crippen LogP contribution in [0.15, 0.2) is 42.6 Å². The number of methoxy groups -OCH3 is 1. The SMILES string of the molecule is COc1cc(C(=O)Nc2ccc(N3CCN(C)CC3)c(F)c2)ccc1Nc1ncc2c(n1)N(C1CCCC1)CC(F)(F)C(=O)N2. The molecule has 2 aromatic carbocycles. The Labute approximate surface area is 258 Å². The molecule has 0 radical (unpaired) electrons. The summed E-state index contributed by atoms with van der Waals surface area (Å²) in [5.74, 6) is -5.24. The maximum atomic E-state index is 15.0. The van der Waals surface area contributed by atoms with Gasteiger partial charge in [-0.15, -0.1) is 0 Å². The van der Waals surface area contributed by atoms with Crippen molar-refractivity contribution in [3.8, 4) is 5.75 Å². The van der Waals surface area contributed by atoms with E-state index < -0.39 is 30.1 Å². The Morgan fingerprint density at radius 3 is 2.56 bits per heavy atom. The Morgan fingerprint density at radius 1 is 1.09 bits per heavy atom. The van der Waals surface area contributed by atoms with Gasteiger partial charge in [0, 0.05) is 43.5 Å². The van der Waals surface area contributed by atoms with Gasteiger partial charge in [0.15, 0.2) is 5.82 Å². The molecule has 45 heavy (non-hydrogen) atoms. The summed E-state index contributed by atoms with van der Waals surface area (Å²) in [6, 6.07) is 9.15. The summed E-state index contributed by atoms with van der Waals surface area (Å²) in [4.78, 5) is 39.7. The molecule has 1 saturated heterocycles. The van der Waals surface area contributed by atoms with Gasteiger partial charge in [-0.3, -0.25) is 9.59 Å². The standard InChI is InChI=1S/C31H35F3N8O3/c1-40-11-13-41(14-12-40)25-10-8-20(16-22(25)32)36-28(43)19-7-9-23(26(15-19)45-2)38-30-35-17-24-27(39-30)42(21-5-3-4-6-21)18-31(33,34)29(44)37-24/h7-10,15-17,21H,3-6,11-14,18H2,1-2H3,(H,36,43)(H,37,44)(H,35,38,39). The maximum absolute atomic E-state index is 15.0. The second-order valence-corrected chi connectivity index (χ2v) is 11.6. The van der Waals surface area contributed by atoms with Crippen molar-refractivity contribution in [1.29, 1.82) is 0 Å². The number of piperazine rings is 1. The van der Waals surface area contributed by atoms with Crippen molar-refractivity contribution in [2.24, 2.45) is 0 Å². The monoisotopic (exact) mass is 624 g/mol. The fourth-order valence-corrected chi connectivity index (χ4v) is 5.98. The van der Waals surface area contributed by atoms with Crippen molar-refractivity contribution in [1.82, 2.24) is 14.9 Å². The second-order valence-electron chi connectivity index (χ2n) is 11.6. The van der Waals surface area contributed by atoms with Crippen molar-refractivity contribution in [2.45, 2.75) is 37.6 Å². The van der Waals surface area contributed by atoms with E-state index in [1.54, 1.807) is 24.3 Å². The molecule has 0 bridgehead atoms. The van der Waals surface area contributed by atoms with Crippen molar-refractivity contribution in [2.75, 3.05) is 72.6 Å². The number of ether oxygens (including phenoxy) is 1. The van der Waals surface area contributed by atoms with Crippen LogP contribution in [0, 0.1) is 5.82 Å². The number of halogens is 3. The first-order chi connectivity index (χ1) is 21.6. The van der Waals surface area contributed by atoms with Gasteiger partial charge in [-0.25, -0.2) is 9.37 Å². The van der Waals surface area contributed by atoms with Gasteiger partial charge in [0.25, 0.3) is 11.8 Å². The van der Waals surface area contributed by atoms with E-state index in [1.807, 2.05) is 11.9 Å². The lowest BCUT2D eigenvalue weighted by Crippen LogP contribution is -2.46. The van der Waals surface area contributed by atoms with E-state index in [1.165, 1.54) is 30.3 Å². The topological polar surface area (TPSA) is 115 Å². The number of alkyl halides is 2. The highest BCUT2D eigenvalue weighted by atomic mass is 19.3. The fraction of sp³-hybridized carbons (Fsp3) is 0.419. The first-order valence-electron chi connectivity index (χ1n) is 14.9. The van der Waals surface area contributed by atoms with Gasteiger partial charge >= 0.3 is 5.92 Å². The van der Waals surface area contributed by atoms with Gasteiger partial charge in [0.2, 0.25) is 5.95 Å². The molecular formula is C31H35F3N8O3. The first kappa shape index (κ1) is 30.4. The number of fused-ring (bicyclic) bond motifs is 1. The van der Waals surface area contributed by atoms with Crippen LogP contribution < -0.4 is 30.5 Å². The number of amides is 2. The highest BCUT2D eigenvalue weighted by Crippen LogP contribution is 2.38. The van der Waals surface area contributed by atoms with Crippen LogP contribution in [-0.2, 0) is 4.79 Å². The molecule has 3 aromatic rings. The molecule has 3 N–H and O–H groups in total. The molecule has 2 fully saturated rings. The van der Waals surface area contributed by atoms with E-state index >= 15 is 0 Å². The predicted molar refractivity (Wildman–Crippen MR) is 166 cm³/mol. The number of nitrogens with zero attached hydrogens (tertiary/aromatic N) is 5. The molecule has 0 unspecified atom stereocenters. The molecule has 0 spiro atoms. The number of benzene rings is 2. The molecule has 238 valence electrons. The lowest BCUT2D eigenvalue weighted by atomic mass is 10.1. The minimum Gasteiger partial charge on any atom is -0.495 e. The fourth-order valence-electron chi connectivity index (χ4n) is 5.98. The van der Waals surface area contributed by atoms with Gasteiger partial charge < -0.3 is 35.4 Å². The summed E-state index contributed by atoms with van der Waals surface area (Å²) in [5, 5.41) is 8.03. The maximum Gasteiger partial charge on any atom is 0.341 e. The molecule has 1 aromatic heterocycles. The Hall–Kier alpha value is -4.59. The molecule has 11 nitrogen and oxygen atoms in total. The predicted octanol–water partition coefficient (Wildman–Crippen LogP) is 4.71. The summed E-state index contributed by atoms with van der Waals surface area (Å²) in [5.41, 5.74) is 1.62. The number of carbonyl (C=O) groups excluding carboxylic acids is 2. The van der Waals surface area contributed by atoms with E-state index in [0.717, 1.165) is 51.9 Å². The Balaban J connectivity index is 1.18. The van der Waals surface area contributed by atoms with Gasteiger partial charge in [-0.05, 0) is 56.3 Å². The van der Waals surface area contributed by atoms with Crippen molar-refractivity contribution in [3.05, 3.63) is 54.0 Å². The molecule has 14 heteroatoms. The lowest BCUT2D eigenvalue weighted by Gasteiger charge is -2.34. The van der Waals surface area contributed by atoms with Gasteiger partial charge in [0.05, 0.1) is 31.2 Å². The second kappa shape index (κ2) is 12.4. The summed E-state index contributed by atoms with van der Waals surface area (Å²) in [6.45, 7) is 2.36. The highest BCUT2D eigenvalue weighted by Gasteiger charge is 2.46. The number of hydrogen-bond donors (Lipinski definition) is 3. The van der Waals surface area contributed by atoms with Gasteiger partial charge in [-0.2, -0.15) is 13.8 Å². The van der Waals surface area contributed by atoms with E-state index in [4.69, 9.17) is 4.74 Å². The Kier molecular flexibility index (Phi) is 8.40. The normalized spacial score (nSPS) is 18.6. The van der Waals surface area contributed by atoms with E-state index in [9.17, 15) is 22.8 Å². The molecule has 1 saturated carbocycles. The third kappa shape index (κ3) is 6.46. The number of likely N-dealkylation sites (N-methyl/N-ethyl adjacent to an activating group) is 1. The van der Waals surface area contributed by atoms with Crippen molar-refractivity contribution in [3.63, 3.8) is 0 Å². The molecule has 3 aliphatic rings. The quantitative estimate of drug-likeness (QED) is 0.344. The average molecular weight is 625 g/mol. The molecule has 3 heterocycles. The largest absolute Gasteiger partial charge is 0.495 e. The van der Waals surface area contributed by atoms with Crippen LogP contribution >= 0.6 is 0 Å².